The first-order valence-electron chi connectivity index (χ1n) is 7.98. The Labute approximate surface area is 178 Å². The van der Waals surface area contributed by atoms with E-state index >= 15 is 0 Å². The zero-order valence-electron chi connectivity index (χ0n) is 15.2. The van der Waals surface area contributed by atoms with Gasteiger partial charge in [-0.15, -0.1) is 0 Å². The number of hydrogen-bond donors (Lipinski definition) is 2. The van der Waals surface area contributed by atoms with Crippen molar-refractivity contribution in [1.82, 2.24) is 14.8 Å². The summed E-state index contributed by atoms with van der Waals surface area (Å²) in [5.41, 5.74) is -0.163. The fourth-order valence-corrected chi connectivity index (χ4v) is 2.58. The number of nitrogens with zero attached hydrogens (tertiary/aromatic N) is 3. The van der Waals surface area contributed by atoms with Crippen LogP contribution in [-0.4, -0.2) is 26.3 Å². The second-order valence-electron chi connectivity index (χ2n) is 5.48. The van der Waals surface area contributed by atoms with Crippen molar-refractivity contribution in [3.05, 3.63) is 68.1 Å². The Morgan fingerprint density at radius 2 is 2.07 bits per heavy atom. The third kappa shape index (κ3) is 5.50. The lowest BCUT2D eigenvalue weighted by molar-refractivity contribution is -0.122. The van der Waals surface area contributed by atoms with Gasteiger partial charge in [-0.25, -0.2) is 9.89 Å². The maximum absolute atomic E-state index is 14.8. The molecule has 9 nitrogen and oxygen atoms in total. The van der Waals surface area contributed by atoms with Gasteiger partial charge < -0.3 is 14.6 Å². The zero-order chi connectivity index (χ0) is 22.3. The van der Waals surface area contributed by atoms with Gasteiger partial charge in [-0.2, -0.15) is 14.8 Å². The number of nitrogens with one attached hydrogen (secondary N) is 1. The van der Waals surface area contributed by atoms with E-state index in [1.807, 2.05) is 6.07 Å². The molecular formula is C18H13Cl2FN4O5. The van der Waals surface area contributed by atoms with Gasteiger partial charge in [-0.05, 0) is 30.3 Å². The van der Waals surface area contributed by atoms with E-state index in [2.05, 4.69) is 10.2 Å². The van der Waals surface area contributed by atoms with Crippen LogP contribution >= 0.6 is 23.2 Å². The SMILES string of the molecule is Cn1c(COc2ccc(Cl)c(Oc3cc(Cl)cc(C#N)c3)c2F)n[nH]c1=O.O=CO. The van der Waals surface area contributed by atoms with Crippen molar-refractivity contribution in [3.8, 4) is 23.3 Å². The molecule has 0 amide bonds. The van der Waals surface area contributed by atoms with Crippen LogP contribution in [0.4, 0.5) is 4.39 Å². The van der Waals surface area contributed by atoms with Crippen LogP contribution < -0.4 is 15.2 Å². The number of benzene rings is 2. The van der Waals surface area contributed by atoms with Crippen LogP contribution in [0, 0.1) is 17.1 Å². The number of nitriles is 1. The van der Waals surface area contributed by atoms with Crippen LogP contribution in [-0.2, 0) is 18.4 Å². The first kappa shape index (κ1) is 22.7. The average molecular weight is 455 g/mol. The number of halogens is 3. The van der Waals surface area contributed by atoms with Crippen LogP contribution in [0.5, 0.6) is 17.2 Å². The highest BCUT2D eigenvalue weighted by Crippen LogP contribution is 2.38. The standard InChI is InChI=1S/C17H11Cl2FN4O3.CH2O2/c1-24-14(22-23-17(24)25)8-26-13-3-2-12(19)16(15(13)20)27-11-5-9(7-21)4-10(18)6-11;2-1-3/h2-6H,8H2,1H3,(H,23,25);1H,(H,2,3). The third-order valence-corrected chi connectivity index (χ3v) is 4.08. The predicted octanol–water partition coefficient (Wildman–Crippen LogP) is 3.50. The summed E-state index contributed by atoms with van der Waals surface area (Å²) in [6.07, 6.45) is 0. The molecule has 0 atom stereocenters. The topological polar surface area (TPSA) is 130 Å². The van der Waals surface area contributed by atoms with E-state index in [1.54, 1.807) is 0 Å². The van der Waals surface area contributed by atoms with E-state index in [1.165, 1.54) is 41.9 Å². The highest BCUT2D eigenvalue weighted by Gasteiger charge is 2.17. The zero-order valence-corrected chi connectivity index (χ0v) is 16.7. The van der Waals surface area contributed by atoms with Gasteiger partial charge in [0.1, 0.15) is 12.4 Å². The van der Waals surface area contributed by atoms with E-state index in [-0.39, 0.29) is 51.8 Å². The number of hydrogen-bond acceptors (Lipinski definition) is 6. The summed E-state index contributed by atoms with van der Waals surface area (Å²) >= 11 is 11.9. The van der Waals surface area contributed by atoms with Crippen molar-refractivity contribution in [2.45, 2.75) is 6.61 Å². The number of carboxylic acid groups (broad SMARTS) is 1. The fraction of sp³-hybridized carbons (Fsp3) is 0.111. The molecule has 0 spiro atoms. The Hall–Kier alpha value is -3.55. The molecule has 0 unspecified atom stereocenters. The van der Waals surface area contributed by atoms with Crippen molar-refractivity contribution in [3.63, 3.8) is 0 Å². The fourth-order valence-electron chi connectivity index (χ4n) is 2.17. The van der Waals surface area contributed by atoms with Crippen molar-refractivity contribution in [1.29, 1.82) is 5.26 Å². The van der Waals surface area contributed by atoms with Gasteiger partial charge in [-0.1, -0.05) is 23.2 Å². The molecule has 0 aliphatic carbocycles. The lowest BCUT2D eigenvalue weighted by Gasteiger charge is -2.13. The van der Waals surface area contributed by atoms with Crippen LogP contribution in [0.2, 0.25) is 10.0 Å². The molecule has 1 heterocycles. The minimum atomic E-state index is -0.846. The number of rotatable bonds is 5. The Morgan fingerprint density at radius 1 is 1.37 bits per heavy atom. The molecule has 0 aliphatic rings. The van der Waals surface area contributed by atoms with Crippen LogP contribution in [0.25, 0.3) is 0 Å². The molecule has 0 aliphatic heterocycles. The van der Waals surface area contributed by atoms with Gasteiger partial charge in [0.15, 0.2) is 17.3 Å². The molecule has 3 rings (SSSR count). The minimum Gasteiger partial charge on any atom is -0.483 e. The molecule has 0 bridgehead atoms. The van der Waals surface area contributed by atoms with E-state index in [0.29, 0.717) is 0 Å². The number of aromatic amines is 1. The summed E-state index contributed by atoms with van der Waals surface area (Å²) in [5, 5.41) is 22.2. The first-order chi connectivity index (χ1) is 14.3. The van der Waals surface area contributed by atoms with Gasteiger partial charge in [0.2, 0.25) is 5.82 Å². The first-order valence-corrected chi connectivity index (χ1v) is 8.73. The second kappa shape index (κ2) is 10.3. The largest absolute Gasteiger partial charge is 0.483 e. The normalized spacial score (nSPS) is 9.83. The lowest BCUT2D eigenvalue weighted by atomic mass is 10.2. The Morgan fingerprint density at radius 3 is 2.67 bits per heavy atom. The lowest BCUT2D eigenvalue weighted by Crippen LogP contribution is -2.15. The monoisotopic (exact) mass is 454 g/mol. The van der Waals surface area contributed by atoms with Gasteiger partial charge >= 0.3 is 5.69 Å². The molecule has 1 aromatic heterocycles. The van der Waals surface area contributed by atoms with Crippen molar-refractivity contribution in [2.75, 3.05) is 0 Å². The highest BCUT2D eigenvalue weighted by molar-refractivity contribution is 6.32. The summed E-state index contributed by atoms with van der Waals surface area (Å²) in [7, 11) is 1.50. The van der Waals surface area contributed by atoms with Crippen LogP contribution in [0.15, 0.2) is 35.1 Å². The molecule has 0 saturated carbocycles. The Bertz CT molecular complexity index is 1160. The average Bonchev–Trinajstić information content (AvgIpc) is 3.03. The van der Waals surface area contributed by atoms with Gasteiger partial charge in [0.25, 0.3) is 6.47 Å². The molecule has 2 N–H and O–H groups in total. The maximum atomic E-state index is 14.8. The number of H-pyrrole nitrogens is 1. The van der Waals surface area contributed by atoms with Crippen molar-refractivity contribution in [2.24, 2.45) is 7.05 Å². The molecular weight excluding hydrogens is 442 g/mol. The molecule has 3 aromatic rings. The Kier molecular flexibility index (Phi) is 7.80. The van der Waals surface area contributed by atoms with E-state index in [0.717, 1.165) is 0 Å². The van der Waals surface area contributed by atoms with Gasteiger partial charge in [0, 0.05) is 12.1 Å². The molecule has 0 radical (unpaired) electrons. The number of aromatic nitrogens is 3. The molecule has 12 heteroatoms. The molecule has 2 aromatic carbocycles. The highest BCUT2D eigenvalue weighted by atomic mass is 35.5. The number of carbonyl (C=O) groups is 1. The third-order valence-electron chi connectivity index (χ3n) is 3.56. The Balaban J connectivity index is 0.00000101. The summed E-state index contributed by atoms with van der Waals surface area (Å²) < 4.78 is 26.9. The summed E-state index contributed by atoms with van der Waals surface area (Å²) in [4.78, 5) is 19.7. The maximum Gasteiger partial charge on any atom is 0.343 e. The van der Waals surface area contributed by atoms with Crippen molar-refractivity contribution < 1.29 is 23.8 Å². The van der Waals surface area contributed by atoms with E-state index in [4.69, 9.17) is 47.8 Å². The van der Waals surface area contributed by atoms with E-state index < -0.39 is 11.5 Å². The molecule has 156 valence electrons. The predicted molar refractivity (Wildman–Crippen MR) is 105 cm³/mol. The summed E-state index contributed by atoms with van der Waals surface area (Å²) in [6.45, 7) is -0.400. The van der Waals surface area contributed by atoms with Crippen molar-refractivity contribution >= 4 is 29.7 Å². The summed E-state index contributed by atoms with van der Waals surface area (Å²) in [6, 6.07) is 8.92. The van der Waals surface area contributed by atoms with Crippen LogP contribution in [0.1, 0.15) is 11.4 Å². The molecule has 30 heavy (non-hydrogen) atoms. The van der Waals surface area contributed by atoms with Gasteiger partial charge in [0.05, 0.1) is 16.7 Å². The van der Waals surface area contributed by atoms with Crippen LogP contribution in [0.3, 0.4) is 0 Å². The molecule has 0 fully saturated rings. The van der Waals surface area contributed by atoms with E-state index in [9.17, 15) is 9.18 Å². The second-order valence-corrected chi connectivity index (χ2v) is 6.32. The quantitative estimate of drug-likeness (QED) is 0.563. The molecule has 0 saturated heterocycles. The number of ether oxygens (including phenoxy) is 2. The van der Waals surface area contributed by atoms with Gasteiger partial charge in [-0.3, -0.25) is 9.36 Å². The smallest absolute Gasteiger partial charge is 0.343 e. The minimum absolute atomic E-state index is 0.00510. The summed E-state index contributed by atoms with van der Waals surface area (Å²) in [5.74, 6) is -0.845.